The molecule has 1 aliphatic rings. The van der Waals surface area contributed by atoms with Gasteiger partial charge in [-0.05, 0) is 12.8 Å². The van der Waals surface area contributed by atoms with Crippen molar-refractivity contribution in [3.63, 3.8) is 0 Å². The molecule has 15 heavy (non-hydrogen) atoms. The summed E-state index contributed by atoms with van der Waals surface area (Å²) in [5.74, 6) is -1.56. The highest BCUT2D eigenvalue weighted by Gasteiger charge is 2.37. The maximum absolute atomic E-state index is 11.4. The molecule has 0 aliphatic heterocycles. The Bertz CT molecular complexity index is 418. The zero-order chi connectivity index (χ0) is 11.0. The van der Waals surface area contributed by atoms with Crippen molar-refractivity contribution in [3.8, 4) is 0 Å². The number of aromatic carboxylic acids is 1. The highest BCUT2D eigenvalue weighted by Crippen LogP contribution is 2.42. The van der Waals surface area contributed by atoms with Gasteiger partial charge in [0.05, 0.1) is 7.11 Å². The molecule has 1 N–H and O–H groups in total. The van der Waals surface area contributed by atoms with E-state index in [2.05, 4.69) is 9.89 Å². The highest BCUT2D eigenvalue weighted by molar-refractivity contribution is 6.01. The fourth-order valence-electron chi connectivity index (χ4n) is 1.37. The lowest BCUT2D eigenvalue weighted by atomic mass is 10.1. The summed E-state index contributed by atoms with van der Waals surface area (Å²) in [7, 11) is 1.19. The molecule has 0 radical (unpaired) electrons. The van der Waals surface area contributed by atoms with Gasteiger partial charge in [0.2, 0.25) is 5.69 Å². The molecular formula is C9H9NO5. The van der Waals surface area contributed by atoms with Crippen LogP contribution < -0.4 is 0 Å². The van der Waals surface area contributed by atoms with Crippen LogP contribution in [0.1, 0.15) is 45.4 Å². The number of hydrogen-bond donors (Lipinski definition) is 1. The van der Waals surface area contributed by atoms with Crippen molar-refractivity contribution in [2.45, 2.75) is 18.8 Å². The van der Waals surface area contributed by atoms with Gasteiger partial charge in [-0.25, -0.2) is 9.59 Å². The van der Waals surface area contributed by atoms with Crippen LogP contribution in [-0.4, -0.2) is 29.3 Å². The second-order valence-electron chi connectivity index (χ2n) is 3.34. The van der Waals surface area contributed by atoms with Crippen molar-refractivity contribution in [1.82, 2.24) is 5.16 Å². The zero-order valence-corrected chi connectivity index (χ0v) is 8.02. The van der Waals surface area contributed by atoms with Crippen molar-refractivity contribution in [2.75, 3.05) is 7.11 Å². The molecule has 0 aromatic carbocycles. The summed E-state index contributed by atoms with van der Waals surface area (Å²) in [5, 5.41) is 12.2. The van der Waals surface area contributed by atoms with E-state index in [0.29, 0.717) is 5.76 Å². The summed E-state index contributed by atoms with van der Waals surface area (Å²) in [5.41, 5.74) is -0.420. The van der Waals surface area contributed by atoms with Crippen LogP contribution in [0.4, 0.5) is 0 Å². The molecule has 80 valence electrons. The first-order chi connectivity index (χ1) is 7.15. The van der Waals surface area contributed by atoms with Gasteiger partial charge in [-0.2, -0.15) is 0 Å². The van der Waals surface area contributed by atoms with Crippen LogP contribution in [0, 0.1) is 0 Å². The number of hydrogen-bond acceptors (Lipinski definition) is 5. The summed E-state index contributed by atoms with van der Waals surface area (Å²) < 4.78 is 9.37. The van der Waals surface area contributed by atoms with E-state index in [1.165, 1.54) is 7.11 Å². The van der Waals surface area contributed by atoms with E-state index >= 15 is 0 Å². The average Bonchev–Trinajstić information content (AvgIpc) is 2.95. The van der Waals surface area contributed by atoms with Gasteiger partial charge in [0.15, 0.2) is 5.76 Å². The first-order valence-electron chi connectivity index (χ1n) is 4.46. The van der Waals surface area contributed by atoms with Gasteiger partial charge in [-0.3, -0.25) is 0 Å². The Morgan fingerprint density at radius 2 is 2.20 bits per heavy atom. The maximum Gasteiger partial charge on any atom is 0.359 e. The Hall–Kier alpha value is -1.85. The van der Waals surface area contributed by atoms with E-state index in [1.54, 1.807) is 0 Å². The second kappa shape index (κ2) is 3.38. The number of methoxy groups -OCH3 is 1. The maximum atomic E-state index is 11.4. The smallest absolute Gasteiger partial charge is 0.359 e. The molecule has 1 aliphatic carbocycles. The van der Waals surface area contributed by atoms with Crippen LogP contribution in [0.2, 0.25) is 0 Å². The second-order valence-corrected chi connectivity index (χ2v) is 3.34. The lowest BCUT2D eigenvalue weighted by Gasteiger charge is -1.98. The molecule has 1 aromatic heterocycles. The minimum atomic E-state index is -1.29. The number of ether oxygens (including phenoxy) is 1. The number of rotatable bonds is 3. The Morgan fingerprint density at radius 3 is 2.67 bits per heavy atom. The number of carbonyl (C=O) groups is 2. The number of carboxylic acids is 1. The van der Waals surface area contributed by atoms with E-state index in [-0.39, 0.29) is 17.2 Å². The van der Waals surface area contributed by atoms with Crippen LogP contribution >= 0.6 is 0 Å². The molecule has 2 rings (SSSR count). The average molecular weight is 211 g/mol. The Morgan fingerprint density at radius 1 is 1.53 bits per heavy atom. The van der Waals surface area contributed by atoms with Crippen molar-refractivity contribution in [3.05, 3.63) is 17.0 Å². The fraction of sp³-hybridized carbons (Fsp3) is 0.444. The molecule has 0 unspecified atom stereocenters. The SMILES string of the molecule is COC(=O)c1c(C(=O)O)noc1C1CC1. The monoisotopic (exact) mass is 211 g/mol. The third kappa shape index (κ3) is 1.58. The Kier molecular flexibility index (Phi) is 2.18. The first kappa shape index (κ1) is 9.70. The summed E-state index contributed by atoms with van der Waals surface area (Å²) in [6.45, 7) is 0. The minimum Gasteiger partial charge on any atom is -0.476 e. The molecular weight excluding hydrogens is 202 g/mol. The third-order valence-electron chi connectivity index (χ3n) is 2.26. The molecule has 0 atom stereocenters. The van der Waals surface area contributed by atoms with Gasteiger partial charge >= 0.3 is 11.9 Å². The van der Waals surface area contributed by atoms with Crippen molar-refractivity contribution >= 4 is 11.9 Å². The highest BCUT2D eigenvalue weighted by atomic mass is 16.5. The molecule has 1 aromatic rings. The lowest BCUT2D eigenvalue weighted by molar-refractivity contribution is 0.0580. The van der Waals surface area contributed by atoms with Gasteiger partial charge in [0.25, 0.3) is 0 Å². The first-order valence-corrected chi connectivity index (χ1v) is 4.46. The molecule has 0 amide bonds. The van der Waals surface area contributed by atoms with E-state index in [1.807, 2.05) is 0 Å². The van der Waals surface area contributed by atoms with E-state index < -0.39 is 11.9 Å². The normalized spacial score (nSPS) is 15.0. The van der Waals surface area contributed by atoms with Gasteiger partial charge in [0, 0.05) is 5.92 Å². The van der Waals surface area contributed by atoms with E-state index in [9.17, 15) is 9.59 Å². The van der Waals surface area contributed by atoms with Crippen LogP contribution in [-0.2, 0) is 4.74 Å². The minimum absolute atomic E-state index is 0.0486. The predicted molar refractivity (Wildman–Crippen MR) is 46.8 cm³/mol. The van der Waals surface area contributed by atoms with E-state index in [0.717, 1.165) is 12.8 Å². The lowest BCUT2D eigenvalue weighted by Crippen LogP contribution is -2.10. The summed E-state index contributed by atoms with van der Waals surface area (Å²) in [4.78, 5) is 22.1. The predicted octanol–water partition coefficient (Wildman–Crippen LogP) is 1.04. The Balaban J connectivity index is 2.48. The van der Waals surface area contributed by atoms with Crippen molar-refractivity contribution in [2.24, 2.45) is 0 Å². The summed E-state index contributed by atoms with van der Waals surface area (Å²) >= 11 is 0. The van der Waals surface area contributed by atoms with Crippen molar-refractivity contribution in [1.29, 1.82) is 0 Å². The van der Waals surface area contributed by atoms with Crippen LogP contribution in [0.25, 0.3) is 0 Å². The standard InChI is InChI=1S/C9H9NO5/c1-14-9(13)5-6(8(11)12)10-15-7(5)4-2-3-4/h4H,2-3H2,1H3,(H,11,12). The number of esters is 1. The van der Waals surface area contributed by atoms with Gasteiger partial charge in [-0.1, -0.05) is 5.16 Å². The third-order valence-corrected chi connectivity index (χ3v) is 2.26. The molecule has 1 saturated carbocycles. The molecule has 0 bridgehead atoms. The molecule has 0 spiro atoms. The van der Waals surface area contributed by atoms with E-state index in [4.69, 9.17) is 9.63 Å². The largest absolute Gasteiger partial charge is 0.476 e. The molecule has 1 heterocycles. The van der Waals surface area contributed by atoms with Crippen LogP contribution in [0.3, 0.4) is 0 Å². The summed E-state index contributed by atoms with van der Waals surface area (Å²) in [6.07, 6.45) is 1.77. The van der Waals surface area contributed by atoms with Crippen LogP contribution in [0.15, 0.2) is 4.52 Å². The van der Waals surface area contributed by atoms with Gasteiger partial charge in [0.1, 0.15) is 5.56 Å². The number of nitrogens with zero attached hydrogens (tertiary/aromatic N) is 1. The van der Waals surface area contributed by atoms with Crippen LogP contribution in [0.5, 0.6) is 0 Å². The summed E-state index contributed by atoms with van der Waals surface area (Å²) in [6, 6.07) is 0. The van der Waals surface area contributed by atoms with Gasteiger partial charge in [-0.15, -0.1) is 0 Å². The topological polar surface area (TPSA) is 89.6 Å². The molecule has 0 saturated heterocycles. The fourth-order valence-corrected chi connectivity index (χ4v) is 1.37. The number of aromatic nitrogens is 1. The Labute approximate surface area is 84.8 Å². The quantitative estimate of drug-likeness (QED) is 0.751. The zero-order valence-electron chi connectivity index (χ0n) is 8.02. The molecule has 6 heteroatoms. The number of carboxylic acid groups (broad SMARTS) is 1. The molecule has 1 fully saturated rings. The van der Waals surface area contributed by atoms with Gasteiger partial charge < -0.3 is 14.4 Å². The number of carbonyl (C=O) groups excluding carboxylic acids is 1. The van der Waals surface area contributed by atoms with Crippen molar-refractivity contribution < 1.29 is 24.0 Å². The molecule has 6 nitrogen and oxygen atoms in total.